The Balaban J connectivity index is 2.15. The Labute approximate surface area is 124 Å². The highest BCUT2D eigenvalue weighted by molar-refractivity contribution is 6.00. The third kappa shape index (κ3) is 3.23. The van der Waals surface area contributed by atoms with Gasteiger partial charge in [-0.3, -0.25) is 9.59 Å². The topological polar surface area (TPSA) is 40.6 Å². The normalized spacial score (nSPS) is 15.9. The molecule has 1 amide bonds. The van der Waals surface area contributed by atoms with E-state index in [0.717, 1.165) is 12.8 Å². The van der Waals surface area contributed by atoms with Crippen LogP contribution < -0.4 is 4.90 Å². The summed E-state index contributed by atoms with van der Waals surface area (Å²) in [5.74, 6) is -0.669. The highest BCUT2D eigenvalue weighted by Crippen LogP contribution is 2.27. The average Bonchev–Trinajstić information content (AvgIpc) is 2.46. The van der Waals surface area contributed by atoms with Gasteiger partial charge in [-0.1, -0.05) is 6.07 Å². The first kappa shape index (κ1) is 15.5. The number of carbonyl (C=O) groups excluding carboxylic acids is 2. The average molecular weight is 292 g/mol. The van der Waals surface area contributed by atoms with Gasteiger partial charge in [0.25, 0.3) is 0 Å². The van der Waals surface area contributed by atoms with E-state index in [2.05, 4.69) is 0 Å². The molecule has 0 atom stereocenters. The molecule has 0 bridgehead atoms. The van der Waals surface area contributed by atoms with Gasteiger partial charge in [-0.2, -0.15) is 0 Å². The van der Waals surface area contributed by atoms with Crippen LogP contribution in [0.5, 0.6) is 0 Å². The summed E-state index contributed by atoms with van der Waals surface area (Å²) in [6.07, 6.45) is 1.65. The molecule has 4 nitrogen and oxygen atoms in total. The summed E-state index contributed by atoms with van der Waals surface area (Å²) in [4.78, 5) is 26.9. The van der Waals surface area contributed by atoms with Crippen molar-refractivity contribution < 1.29 is 14.0 Å². The summed E-state index contributed by atoms with van der Waals surface area (Å²) in [5.41, 5.74) is 0.822. The van der Waals surface area contributed by atoms with Gasteiger partial charge in [0.2, 0.25) is 5.91 Å². The number of hydrogen-bond donors (Lipinski definition) is 0. The fraction of sp³-hybridized carbons (Fsp3) is 0.500. The number of Topliss-reactive ketones (excluding diaryl/α,β-unsaturated/α-hetero) is 1. The van der Waals surface area contributed by atoms with Gasteiger partial charge in [-0.15, -0.1) is 0 Å². The van der Waals surface area contributed by atoms with Crippen molar-refractivity contribution in [2.24, 2.45) is 0 Å². The van der Waals surface area contributed by atoms with Gasteiger partial charge in [0.1, 0.15) is 5.82 Å². The van der Waals surface area contributed by atoms with Crippen LogP contribution in [0.25, 0.3) is 0 Å². The van der Waals surface area contributed by atoms with Gasteiger partial charge >= 0.3 is 0 Å². The lowest BCUT2D eigenvalue weighted by Crippen LogP contribution is -2.45. The summed E-state index contributed by atoms with van der Waals surface area (Å²) < 4.78 is 13.9. The van der Waals surface area contributed by atoms with Crippen LogP contribution in [0.15, 0.2) is 18.2 Å². The minimum Gasteiger partial charge on any atom is -0.371 e. The van der Waals surface area contributed by atoms with Crippen molar-refractivity contribution in [3.05, 3.63) is 29.6 Å². The zero-order valence-corrected chi connectivity index (χ0v) is 12.7. The quantitative estimate of drug-likeness (QED) is 0.804. The Bertz CT molecular complexity index is 551. The number of anilines is 1. The molecule has 0 aliphatic carbocycles. The lowest BCUT2D eigenvalue weighted by molar-refractivity contribution is -0.129. The third-order valence-electron chi connectivity index (χ3n) is 4.19. The second-order valence-electron chi connectivity index (χ2n) is 5.54. The maximum absolute atomic E-state index is 13.9. The van der Waals surface area contributed by atoms with Crippen LogP contribution in [-0.2, 0) is 4.79 Å². The SMILES string of the molecule is CC(=O)c1c(F)cccc1N1CCC(N(C)C(C)=O)CC1. The standard InChI is InChI=1S/C16H21FN2O2/c1-11(20)16-14(17)5-4-6-15(16)19-9-7-13(8-10-19)18(3)12(2)21/h4-6,13H,7-10H2,1-3H3. The van der Waals surface area contributed by atoms with E-state index in [1.807, 2.05) is 11.9 Å². The van der Waals surface area contributed by atoms with Crippen molar-refractivity contribution in [3.8, 4) is 0 Å². The van der Waals surface area contributed by atoms with Crippen molar-refractivity contribution in [2.45, 2.75) is 32.7 Å². The molecular formula is C16H21FN2O2. The maximum atomic E-state index is 13.9. The number of hydrogen-bond acceptors (Lipinski definition) is 3. The molecule has 0 radical (unpaired) electrons. The molecule has 1 aromatic rings. The fourth-order valence-corrected chi connectivity index (χ4v) is 2.88. The molecule has 0 unspecified atom stereocenters. The van der Waals surface area contributed by atoms with Crippen molar-refractivity contribution in [2.75, 3.05) is 25.0 Å². The van der Waals surface area contributed by atoms with Crippen LogP contribution in [0.3, 0.4) is 0 Å². The highest BCUT2D eigenvalue weighted by Gasteiger charge is 2.26. The molecule has 0 N–H and O–H groups in total. The molecule has 1 aliphatic heterocycles. The number of amides is 1. The van der Waals surface area contributed by atoms with Crippen LogP contribution in [0.2, 0.25) is 0 Å². The summed E-state index contributed by atoms with van der Waals surface area (Å²) >= 11 is 0. The molecule has 2 rings (SSSR count). The smallest absolute Gasteiger partial charge is 0.219 e. The molecule has 1 aromatic carbocycles. The molecule has 0 saturated carbocycles. The number of benzene rings is 1. The van der Waals surface area contributed by atoms with E-state index >= 15 is 0 Å². The van der Waals surface area contributed by atoms with Gasteiger partial charge in [-0.25, -0.2) is 4.39 Å². The molecule has 5 heteroatoms. The Hall–Kier alpha value is -1.91. The van der Waals surface area contributed by atoms with E-state index in [4.69, 9.17) is 0 Å². The van der Waals surface area contributed by atoms with Gasteiger partial charge in [0.05, 0.1) is 11.3 Å². The molecule has 1 saturated heterocycles. The lowest BCUT2D eigenvalue weighted by Gasteiger charge is -2.38. The van der Waals surface area contributed by atoms with E-state index in [0.29, 0.717) is 18.8 Å². The van der Waals surface area contributed by atoms with E-state index in [-0.39, 0.29) is 23.3 Å². The monoisotopic (exact) mass is 292 g/mol. The minimum absolute atomic E-state index is 0.0589. The number of nitrogens with zero attached hydrogens (tertiary/aromatic N) is 2. The number of halogens is 1. The Morgan fingerprint density at radius 1 is 1.24 bits per heavy atom. The molecule has 1 fully saturated rings. The van der Waals surface area contributed by atoms with Crippen LogP contribution in [0, 0.1) is 5.82 Å². The van der Waals surface area contributed by atoms with E-state index in [1.54, 1.807) is 24.0 Å². The van der Waals surface area contributed by atoms with Crippen LogP contribution >= 0.6 is 0 Å². The Morgan fingerprint density at radius 3 is 2.38 bits per heavy atom. The largest absolute Gasteiger partial charge is 0.371 e. The first-order chi connectivity index (χ1) is 9.91. The fourth-order valence-electron chi connectivity index (χ4n) is 2.88. The first-order valence-electron chi connectivity index (χ1n) is 7.19. The van der Waals surface area contributed by atoms with Crippen LogP contribution in [0.1, 0.15) is 37.0 Å². The highest BCUT2D eigenvalue weighted by atomic mass is 19.1. The lowest BCUT2D eigenvalue weighted by atomic mass is 10.0. The van der Waals surface area contributed by atoms with E-state index in [9.17, 15) is 14.0 Å². The maximum Gasteiger partial charge on any atom is 0.219 e. The molecule has 0 spiro atoms. The van der Waals surface area contributed by atoms with E-state index < -0.39 is 5.82 Å². The molecular weight excluding hydrogens is 271 g/mol. The van der Waals surface area contributed by atoms with Gasteiger partial charge in [0.15, 0.2) is 5.78 Å². The predicted molar refractivity (Wildman–Crippen MR) is 80.1 cm³/mol. The minimum atomic E-state index is -0.469. The Morgan fingerprint density at radius 2 is 1.86 bits per heavy atom. The third-order valence-corrected chi connectivity index (χ3v) is 4.19. The second-order valence-corrected chi connectivity index (χ2v) is 5.54. The summed E-state index contributed by atoms with van der Waals surface area (Å²) in [6, 6.07) is 4.95. The summed E-state index contributed by atoms with van der Waals surface area (Å²) in [5, 5.41) is 0. The van der Waals surface area contributed by atoms with Crippen molar-refractivity contribution in [1.82, 2.24) is 4.90 Å². The van der Waals surface area contributed by atoms with Crippen molar-refractivity contribution in [1.29, 1.82) is 0 Å². The van der Waals surface area contributed by atoms with Crippen LogP contribution in [-0.4, -0.2) is 42.8 Å². The number of piperidine rings is 1. The van der Waals surface area contributed by atoms with Crippen molar-refractivity contribution >= 4 is 17.4 Å². The Kier molecular flexibility index (Phi) is 4.60. The first-order valence-corrected chi connectivity index (χ1v) is 7.19. The number of rotatable bonds is 3. The molecule has 21 heavy (non-hydrogen) atoms. The van der Waals surface area contributed by atoms with Gasteiger partial charge in [0, 0.05) is 33.1 Å². The van der Waals surface area contributed by atoms with Crippen molar-refractivity contribution in [3.63, 3.8) is 0 Å². The van der Waals surface area contributed by atoms with Gasteiger partial charge < -0.3 is 9.80 Å². The summed E-state index contributed by atoms with van der Waals surface area (Å²) in [7, 11) is 1.81. The molecule has 1 heterocycles. The second kappa shape index (κ2) is 6.24. The van der Waals surface area contributed by atoms with E-state index in [1.165, 1.54) is 13.0 Å². The number of carbonyl (C=O) groups is 2. The van der Waals surface area contributed by atoms with Crippen LogP contribution in [0.4, 0.5) is 10.1 Å². The molecule has 0 aromatic heterocycles. The zero-order valence-electron chi connectivity index (χ0n) is 12.7. The number of ketones is 1. The molecule has 114 valence electrons. The van der Waals surface area contributed by atoms with Gasteiger partial charge in [-0.05, 0) is 31.9 Å². The molecule has 1 aliphatic rings. The zero-order chi connectivity index (χ0) is 15.6. The summed E-state index contributed by atoms with van der Waals surface area (Å²) in [6.45, 7) is 4.38. The predicted octanol–water partition coefficient (Wildman–Crippen LogP) is 2.48.